The molecule has 0 amide bonds. The fourth-order valence-corrected chi connectivity index (χ4v) is 2.59. The third-order valence-corrected chi connectivity index (χ3v) is 3.14. The molecule has 0 aliphatic carbocycles. The Hall–Kier alpha value is -0.370. The molecule has 2 heteroatoms. The van der Waals surface area contributed by atoms with Gasteiger partial charge in [-0.25, -0.2) is 0 Å². The van der Waals surface area contributed by atoms with Crippen LogP contribution in [0, 0.1) is 11.3 Å². The predicted octanol–water partition coefficient (Wildman–Crippen LogP) is 1.94. The first-order valence-electron chi connectivity index (χ1n) is 5.12. The molecule has 0 aromatic rings. The molecule has 0 radical (unpaired) electrons. The molecule has 13 heavy (non-hydrogen) atoms. The summed E-state index contributed by atoms with van der Waals surface area (Å²) in [5, 5.41) is 0. The molecule has 76 valence electrons. The molecule has 1 rings (SSSR count). The van der Waals surface area contributed by atoms with Gasteiger partial charge in [0.05, 0.1) is 0 Å². The van der Waals surface area contributed by atoms with Crippen molar-refractivity contribution in [3.05, 3.63) is 0 Å². The van der Waals surface area contributed by atoms with Crippen LogP contribution in [0.3, 0.4) is 0 Å². The van der Waals surface area contributed by atoms with Crippen LogP contribution in [0.5, 0.6) is 0 Å². The van der Waals surface area contributed by atoms with Gasteiger partial charge in [0.1, 0.15) is 5.78 Å². The van der Waals surface area contributed by atoms with Crippen LogP contribution in [-0.4, -0.2) is 30.8 Å². The minimum absolute atomic E-state index is 0.150. The van der Waals surface area contributed by atoms with Gasteiger partial charge < -0.3 is 4.90 Å². The second-order valence-electron chi connectivity index (χ2n) is 5.03. The first-order valence-corrected chi connectivity index (χ1v) is 5.12. The van der Waals surface area contributed by atoms with Crippen molar-refractivity contribution in [2.24, 2.45) is 11.3 Å². The van der Waals surface area contributed by atoms with Gasteiger partial charge in [-0.2, -0.15) is 0 Å². The summed E-state index contributed by atoms with van der Waals surface area (Å²) in [6.45, 7) is 8.32. The molecule has 0 aromatic carbocycles. The molecule has 1 unspecified atom stereocenters. The van der Waals surface area contributed by atoms with E-state index in [1.165, 1.54) is 0 Å². The lowest BCUT2D eigenvalue weighted by Crippen LogP contribution is -2.36. The summed E-state index contributed by atoms with van der Waals surface area (Å²) in [5.41, 5.74) is 0.150. The maximum Gasteiger partial charge on any atom is 0.133 e. The van der Waals surface area contributed by atoms with Crippen LogP contribution < -0.4 is 0 Å². The van der Waals surface area contributed by atoms with E-state index in [9.17, 15) is 4.79 Å². The largest absolute Gasteiger partial charge is 0.306 e. The van der Waals surface area contributed by atoms with Gasteiger partial charge in [0.15, 0.2) is 0 Å². The number of carbonyl (C=O) groups is 1. The van der Waals surface area contributed by atoms with Gasteiger partial charge in [-0.3, -0.25) is 4.79 Å². The normalized spacial score (nSPS) is 29.7. The van der Waals surface area contributed by atoms with E-state index in [1.54, 1.807) is 6.92 Å². The van der Waals surface area contributed by atoms with Crippen LogP contribution in [0.25, 0.3) is 0 Å². The van der Waals surface area contributed by atoms with E-state index in [-0.39, 0.29) is 11.3 Å². The molecule has 1 aliphatic heterocycles. The van der Waals surface area contributed by atoms with E-state index in [0.717, 1.165) is 25.9 Å². The van der Waals surface area contributed by atoms with Crippen molar-refractivity contribution in [1.29, 1.82) is 0 Å². The molecule has 2 nitrogen and oxygen atoms in total. The SMILES string of the molecule is CC(=O)C1CCCN(C)CC1(C)C. The number of nitrogens with zero attached hydrogens (tertiary/aromatic N) is 1. The number of hydrogen-bond donors (Lipinski definition) is 0. The van der Waals surface area contributed by atoms with E-state index >= 15 is 0 Å². The lowest BCUT2D eigenvalue weighted by atomic mass is 9.75. The average Bonchev–Trinajstić information content (AvgIpc) is 2.06. The second kappa shape index (κ2) is 3.79. The van der Waals surface area contributed by atoms with E-state index in [0.29, 0.717) is 5.78 Å². The lowest BCUT2D eigenvalue weighted by molar-refractivity contribution is -0.124. The summed E-state index contributed by atoms with van der Waals surface area (Å²) < 4.78 is 0. The second-order valence-corrected chi connectivity index (χ2v) is 5.03. The van der Waals surface area contributed by atoms with E-state index in [4.69, 9.17) is 0 Å². The van der Waals surface area contributed by atoms with Crippen molar-refractivity contribution in [2.75, 3.05) is 20.1 Å². The molecule has 1 aliphatic rings. The highest BCUT2D eigenvalue weighted by Gasteiger charge is 2.35. The first kappa shape index (κ1) is 10.7. The van der Waals surface area contributed by atoms with Crippen LogP contribution in [0.15, 0.2) is 0 Å². The predicted molar refractivity (Wildman–Crippen MR) is 54.7 cm³/mol. The van der Waals surface area contributed by atoms with Crippen LogP contribution in [0.2, 0.25) is 0 Å². The minimum atomic E-state index is 0.150. The maximum absolute atomic E-state index is 11.5. The standard InChI is InChI=1S/C11H21NO/c1-9(13)10-6-5-7-12(4)8-11(10,2)3/h10H,5-8H2,1-4H3. The van der Waals surface area contributed by atoms with Gasteiger partial charge in [-0.15, -0.1) is 0 Å². The van der Waals surface area contributed by atoms with Crippen molar-refractivity contribution >= 4 is 5.78 Å². The van der Waals surface area contributed by atoms with Crippen LogP contribution in [0.1, 0.15) is 33.6 Å². The number of Topliss-reactive ketones (excluding diaryl/α,β-unsaturated/α-hetero) is 1. The summed E-state index contributed by atoms with van der Waals surface area (Å²) in [6, 6.07) is 0. The Labute approximate surface area is 81.3 Å². The number of likely N-dealkylation sites (tertiary alicyclic amines) is 1. The van der Waals surface area contributed by atoms with Crippen molar-refractivity contribution in [3.8, 4) is 0 Å². The fourth-order valence-electron chi connectivity index (χ4n) is 2.59. The van der Waals surface area contributed by atoms with Gasteiger partial charge in [0.25, 0.3) is 0 Å². The quantitative estimate of drug-likeness (QED) is 0.619. The third-order valence-electron chi connectivity index (χ3n) is 3.14. The fraction of sp³-hybridized carbons (Fsp3) is 0.909. The number of carbonyl (C=O) groups excluding carboxylic acids is 1. The van der Waals surface area contributed by atoms with Gasteiger partial charge in [-0.05, 0) is 38.8 Å². The zero-order valence-electron chi connectivity index (χ0n) is 9.26. The average molecular weight is 183 g/mol. The highest BCUT2D eigenvalue weighted by atomic mass is 16.1. The van der Waals surface area contributed by atoms with Crippen LogP contribution in [0.4, 0.5) is 0 Å². The zero-order valence-corrected chi connectivity index (χ0v) is 9.26. The van der Waals surface area contributed by atoms with E-state index < -0.39 is 0 Å². The third kappa shape index (κ3) is 2.53. The summed E-state index contributed by atoms with van der Waals surface area (Å²) in [4.78, 5) is 13.8. The van der Waals surface area contributed by atoms with Crippen molar-refractivity contribution in [1.82, 2.24) is 4.90 Å². The summed E-state index contributed by atoms with van der Waals surface area (Å²) in [7, 11) is 2.14. The topological polar surface area (TPSA) is 20.3 Å². The van der Waals surface area contributed by atoms with Gasteiger partial charge >= 0.3 is 0 Å². The number of rotatable bonds is 1. The van der Waals surface area contributed by atoms with Crippen LogP contribution >= 0.6 is 0 Å². The number of hydrogen-bond acceptors (Lipinski definition) is 2. The number of ketones is 1. The van der Waals surface area contributed by atoms with Gasteiger partial charge in [-0.1, -0.05) is 13.8 Å². The molecule has 1 atom stereocenters. The zero-order chi connectivity index (χ0) is 10.1. The highest BCUT2D eigenvalue weighted by molar-refractivity contribution is 5.79. The van der Waals surface area contributed by atoms with Gasteiger partial charge in [0, 0.05) is 12.5 Å². The smallest absolute Gasteiger partial charge is 0.133 e. The molecule has 0 spiro atoms. The van der Waals surface area contributed by atoms with Gasteiger partial charge in [0.2, 0.25) is 0 Å². The Bertz CT molecular complexity index is 198. The summed E-state index contributed by atoms with van der Waals surface area (Å²) >= 11 is 0. The maximum atomic E-state index is 11.5. The van der Waals surface area contributed by atoms with Crippen molar-refractivity contribution < 1.29 is 4.79 Å². The van der Waals surface area contributed by atoms with E-state index in [1.807, 2.05) is 0 Å². The molecule has 0 saturated carbocycles. The molecular formula is C11H21NO. The molecule has 1 fully saturated rings. The summed E-state index contributed by atoms with van der Waals surface area (Å²) in [5.74, 6) is 0.623. The Balaban J connectivity index is 2.77. The molecule has 0 aromatic heterocycles. The van der Waals surface area contributed by atoms with E-state index in [2.05, 4.69) is 25.8 Å². The van der Waals surface area contributed by atoms with Crippen molar-refractivity contribution in [2.45, 2.75) is 33.6 Å². The molecule has 0 N–H and O–H groups in total. The lowest BCUT2D eigenvalue weighted by Gasteiger charge is -2.32. The first-order chi connectivity index (χ1) is 5.93. The summed E-state index contributed by atoms with van der Waals surface area (Å²) in [6.07, 6.45) is 2.22. The Morgan fingerprint density at radius 2 is 2.08 bits per heavy atom. The monoisotopic (exact) mass is 183 g/mol. The Morgan fingerprint density at radius 3 is 2.62 bits per heavy atom. The molecule has 0 bridgehead atoms. The van der Waals surface area contributed by atoms with Crippen molar-refractivity contribution in [3.63, 3.8) is 0 Å². The Kier molecular flexibility index (Phi) is 3.12. The molecular weight excluding hydrogens is 162 g/mol. The minimum Gasteiger partial charge on any atom is -0.306 e. The molecule has 1 heterocycles. The molecule has 1 saturated heterocycles. The highest BCUT2D eigenvalue weighted by Crippen LogP contribution is 2.34. The van der Waals surface area contributed by atoms with Crippen LogP contribution in [-0.2, 0) is 4.79 Å². The Morgan fingerprint density at radius 1 is 1.46 bits per heavy atom.